The van der Waals surface area contributed by atoms with Crippen LogP contribution in [-0.4, -0.2) is 35.6 Å². The number of amides is 2. The molecule has 1 aromatic rings. The van der Waals surface area contributed by atoms with Crippen LogP contribution in [0.5, 0.6) is 0 Å². The predicted octanol–water partition coefficient (Wildman–Crippen LogP) is 3.02. The van der Waals surface area contributed by atoms with Crippen LogP contribution in [0.1, 0.15) is 51.7 Å². The first-order chi connectivity index (χ1) is 10.7. The van der Waals surface area contributed by atoms with Gasteiger partial charge < -0.3 is 19.4 Å². The molecule has 1 aliphatic heterocycles. The van der Waals surface area contributed by atoms with Gasteiger partial charge in [-0.3, -0.25) is 4.79 Å². The van der Waals surface area contributed by atoms with E-state index in [9.17, 15) is 9.59 Å². The number of likely N-dealkylation sites (tertiary alicyclic amines) is 1. The molecule has 1 aromatic heterocycles. The molecule has 0 saturated carbocycles. The van der Waals surface area contributed by atoms with Gasteiger partial charge in [0, 0.05) is 13.1 Å². The van der Waals surface area contributed by atoms with Gasteiger partial charge in [0.05, 0.1) is 12.0 Å². The first-order valence-electron chi connectivity index (χ1n) is 8.00. The van der Waals surface area contributed by atoms with E-state index in [4.69, 9.17) is 9.15 Å². The van der Waals surface area contributed by atoms with Gasteiger partial charge in [0.15, 0.2) is 0 Å². The van der Waals surface area contributed by atoms with E-state index in [1.54, 1.807) is 4.90 Å². The number of rotatable bonds is 3. The maximum atomic E-state index is 12.4. The largest absolute Gasteiger partial charge is 0.464 e. The Balaban J connectivity index is 1.86. The van der Waals surface area contributed by atoms with Crippen molar-refractivity contribution in [2.75, 3.05) is 13.1 Å². The van der Waals surface area contributed by atoms with E-state index in [-0.39, 0.29) is 24.0 Å². The van der Waals surface area contributed by atoms with Gasteiger partial charge in [-0.15, -0.1) is 0 Å². The molecule has 2 rings (SSSR count). The Labute approximate surface area is 137 Å². The fourth-order valence-corrected chi connectivity index (χ4v) is 2.56. The van der Waals surface area contributed by atoms with Gasteiger partial charge in [-0.05, 0) is 53.2 Å². The van der Waals surface area contributed by atoms with E-state index >= 15 is 0 Å². The summed E-state index contributed by atoms with van der Waals surface area (Å²) < 4.78 is 10.9. The molecular weight excluding hydrogens is 296 g/mol. The van der Waals surface area contributed by atoms with Crippen LogP contribution >= 0.6 is 0 Å². The zero-order valence-electron chi connectivity index (χ0n) is 14.5. The van der Waals surface area contributed by atoms with Crippen LogP contribution in [0, 0.1) is 12.8 Å². The zero-order chi connectivity index (χ0) is 17.2. The monoisotopic (exact) mass is 322 g/mol. The minimum Gasteiger partial charge on any atom is -0.464 e. The maximum absolute atomic E-state index is 12.4. The van der Waals surface area contributed by atoms with Crippen molar-refractivity contribution in [1.29, 1.82) is 0 Å². The van der Waals surface area contributed by atoms with Gasteiger partial charge in [-0.25, -0.2) is 4.79 Å². The van der Waals surface area contributed by atoms with Gasteiger partial charge in [0.1, 0.15) is 17.1 Å². The maximum Gasteiger partial charge on any atom is 0.410 e. The molecule has 1 aliphatic rings. The van der Waals surface area contributed by atoms with E-state index in [2.05, 4.69) is 5.32 Å². The Morgan fingerprint density at radius 1 is 1.39 bits per heavy atom. The highest BCUT2D eigenvalue weighted by Gasteiger charge is 2.34. The summed E-state index contributed by atoms with van der Waals surface area (Å²) in [5, 5.41) is 2.95. The number of hydrogen-bond acceptors (Lipinski definition) is 4. The third kappa shape index (κ3) is 4.74. The molecule has 2 heterocycles. The number of hydrogen-bond donors (Lipinski definition) is 1. The van der Waals surface area contributed by atoms with Crippen LogP contribution in [0.3, 0.4) is 0 Å². The van der Waals surface area contributed by atoms with Crippen LogP contribution in [0.2, 0.25) is 0 Å². The molecule has 6 nitrogen and oxygen atoms in total. The Hall–Kier alpha value is -1.98. The highest BCUT2D eigenvalue weighted by Crippen LogP contribution is 2.21. The van der Waals surface area contributed by atoms with Crippen LogP contribution < -0.4 is 5.32 Å². The summed E-state index contributed by atoms with van der Waals surface area (Å²) in [6.45, 7) is 10.2. The van der Waals surface area contributed by atoms with Crippen molar-refractivity contribution >= 4 is 12.0 Å². The number of aryl methyl sites for hydroxylation is 1. The van der Waals surface area contributed by atoms with Gasteiger partial charge in [0.2, 0.25) is 5.91 Å². The minimum absolute atomic E-state index is 0.0578. The summed E-state index contributed by atoms with van der Waals surface area (Å²) in [5.74, 6) is 1.29. The molecule has 0 bridgehead atoms. The van der Waals surface area contributed by atoms with Crippen LogP contribution in [0.25, 0.3) is 0 Å². The molecule has 0 spiro atoms. The molecule has 0 radical (unpaired) electrons. The number of ether oxygens (including phenoxy) is 1. The number of carbonyl (C=O) groups is 2. The Kier molecular flexibility index (Phi) is 5.02. The second kappa shape index (κ2) is 6.64. The normalized spacial score (nSPS) is 19.5. The van der Waals surface area contributed by atoms with Crippen LogP contribution in [0.15, 0.2) is 16.5 Å². The van der Waals surface area contributed by atoms with Gasteiger partial charge in [-0.1, -0.05) is 0 Å². The highest BCUT2D eigenvalue weighted by atomic mass is 16.6. The van der Waals surface area contributed by atoms with Crippen molar-refractivity contribution in [3.63, 3.8) is 0 Å². The van der Waals surface area contributed by atoms with Crippen molar-refractivity contribution in [3.05, 3.63) is 23.7 Å². The third-order valence-corrected chi connectivity index (χ3v) is 3.76. The fraction of sp³-hybridized carbons (Fsp3) is 0.647. The highest BCUT2D eigenvalue weighted by molar-refractivity contribution is 5.81. The summed E-state index contributed by atoms with van der Waals surface area (Å²) in [6, 6.07) is 3.55. The van der Waals surface area contributed by atoms with Crippen LogP contribution in [0.4, 0.5) is 4.79 Å². The minimum atomic E-state index is -0.525. The second-order valence-corrected chi connectivity index (χ2v) is 7.09. The van der Waals surface area contributed by atoms with Gasteiger partial charge in [-0.2, -0.15) is 0 Å². The average molecular weight is 322 g/mol. The fourth-order valence-electron chi connectivity index (χ4n) is 2.56. The number of nitrogens with one attached hydrogen (secondary N) is 1. The standard InChI is InChI=1S/C17H26N2O4/c1-11-6-7-14(22-11)12(2)18-15(20)13-8-9-19(10-13)16(21)23-17(3,4)5/h6-7,12-13H,8-10H2,1-5H3,(H,18,20)/t12-,13-/m0/s1. The van der Waals surface area contributed by atoms with Gasteiger partial charge in [0.25, 0.3) is 0 Å². The van der Waals surface area contributed by atoms with E-state index in [1.807, 2.05) is 46.8 Å². The van der Waals surface area contributed by atoms with E-state index in [0.717, 1.165) is 11.5 Å². The van der Waals surface area contributed by atoms with Gasteiger partial charge >= 0.3 is 6.09 Å². The molecule has 2 amide bonds. The Morgan fingerprint density at radius 2 is 2.09 bits per heavy atom. The van der Waals surface area contributed by atoms with Crippen molar-refractivity contribution in [1.82, 2.24) is 10.2 Å². The number of nitrogens with zero attached hydrogens (tertiary/aromatic N) is 1. The number of carbonyl (C=O) groups excluding carboxylic acids is 2. The summed E-state index contributed by atoms with van der Waals surface area (Å²) in [4.78, 5) is 26.0. The quantitative estimate of drug-likeness (QED) is 0.928. The molecular formula is C17H26N2O4. The lowest BCUT2D eigenvalue weighted by molar-refractivity contribution is -0.125. The summed E-state index contributed by atoms with van der Waals surface area (Å²) in [6.07, 6.45) is 0.289. The predicted molar refractivity (Wildman–Crippen MR) is 85.9 cm³/mol. The number of furan rings is 1. The molecule has 6 heteroatoms. The molecule has 23 heavy (non-hydrogen) atoms. The Bertz CT molecular complexity index is 573. The molecule has 2 atom stereocenters. The molecule has 1 fully saturated rings. The second-order valence-electron chi connectivity index (χ2n) is 7.09. The van der Waals surface area contributed by atoms with Crippen molar-refractivity contribution in [2.24, 2.45) is 5.92 Å². The first-order valence-corrected chi connectivity index (χ1v) is 8.00. The topological polar surface area (TPSA) is 71.8 Å². The van der Waals surface area contributed by atoms with Crippen molar-refractivity contribution in [2.45, 2.75) is 52.7 Å². The van der Waals surface area contributed by atoms with E-state index < -0.39 is 5.60 Å². The molecule has 128 valence electrons. The van der Waals surface area contributed by atoms with Crippen molar-refractivity contribution < 1.29 is 18.7 Å². The lowest BCUT2D eigenvalue weighted by Gasteiger charge is -2.24. The summed E-state index contributed by atoms with van der Waals surface area (Å²) in [5.41, 5.74) is -0.525. The SMILES string of the molecule is Cc1ccc([C@H](C)NC(=O)[C@H]2CCN(C(=O)OC(C)(C)C)C2)o1. The lowest BCUT2D eigenvalue weighted by atomic mass is 10.1. The molecule has 0 unspecified atom stereocenters. The molecule has 1 N–H and O–H groups in total. The summed E-state index contributed by atoms with van der Waals surface area (Å²) >= 11 is 0. The van der Waals surface area contributed by atoms with E-state index in [0.29, 0.717) is 19.5 Å². The van der Waals surface area contributed by atoms with Crippen molar-refractivity contribution in [3.8, 4) is 0 Å². The molecule has 0 aliphatic carbocycles. The molecule has 1 saturated heterocycles. The zero-order valence-corrected chi connectivity index (χ0v) is 14.5. The molecule has 0 aromatic carbocycles. The van der Waals surface area contributed by atoms with Crippen LogP contribution in [-0.2, 0) is 9.53 Å². The average Bonchev–Trinajstić information content (AvgIpc) is 3.05. The third-order valence-electron chi connectivity index (χ3n) is 3.76. The lowest BCUT2D eigenvalue weighted by Crippen LogP contribution is -2.38. The first kappa shape index (κ1) is 17.4. The Morgan fingerprint density at radius 3 is 2.65 bits per heavy atom. The smallest absolute Gasteiger partial charge is 0.410 e. The van der Waals surface area contributed by atoms with E-state index in [1.165, 1.54) is 0 Å². The summed E-state index contributed by atoms with van der Waals surface area (Å²) in [7, 11) is 0.